The first kappa shape index (κ1) is 17.2. The van der Waals surface area contributed by atoms with E-state index in [4.69, 9.17) is 0 Å². The third kappa shape index (κ3) is 3.04. The fourth-order valence-electron chi connectivity index (χ4n) is 3.15. The maximum absolute atomic E-state index is 11.6. The fraction of sp³-hybridized carbons (Fsp3) is 0.105. The summed E-state index contributed by atoms with van der Waals surface area (Å²) in [5.41, 5.74) is 3.47. The number of fused-ring (bicyclic) bond motifs is 3. The second-order valence-electron chi connectivity index (χ2n) is 6.28. The third-order valence-corrected chi connectivity index (χ3v) is 5.41. The molecule has 4 aromatic rings. The topological polar surface area (TPSA) is 102 Å². The lowest BCUT2D eigenvalue weighted by molar-refractivity contribution is 0.0690. The van der Waals surface area contributed by atoms with E-state index in [-0.39, 0.29) is 10.7 Å². The molecule has 0 atom stereocenters. The zero-order valence-electron chi connectivity index (χ0n) is 14.3. The number of hydrogen-bond acceptors (Lipinski definition) is 5. The van der Waals surface area contributed by atoms with E-state index in [9.17, 15) is 18.3 Å². The Labute approximate surface area is 154 Å². The fourth-order valence-corrected chi connectivity index (χ4v) is 3.71. The minimum atomic E-state index is -3.34. The molecule has 8 heteroatoms. The number of para-hydroxylation sites is 1. The number of nitrogens with zero attached hydrogens (tertiary/aromatic N) is 3. The Bertz CT molecular complexity index is 1290. The van der Waals surface area contributed by atoms with Crippen LogP contribution in [-0.2, 0) is 16.3 Å². The molecule has 1 N–H and O–H groups in total. The van der Waals surface area contributed by atoms with Gasteiger partial charge in [-0.25, -0.2) is 23.2 Å². The van der Waals surface area contributed by atoms with Crippen LogP contribution in [0.3, 0.4) is 0 Å². The maximum atomic E-state index is 11.6. The van der Waals surface area contributed by atoms with Crippen molar-refractivity contribution >= 4 is 32.2 Å². The Morgan fingerprint density at radius 1 is 1.07 bits per heavy atom. The van der Waals surface area contributed by atoms with Crippen LogP contribution in [0, 0.1) is 0 Å². The summed E-state index contributed by atoms with van der Waals surface area (Å²) in [5, 5.41) is 10.2. The zero-order chi connectivity index (χ0) is 19.2. The average molecular weight is 381 g/mol. The van der Waals surface area contributed by atoms with Crippen LogP contribution in [-0.4, -0.2) is 40.1 Å². The highest BCUT2D eigenvalue weighted by Crippen LogP contribution is 2.28. The first-order chi connectivity index (χ1) is 12.8. The molecule has 3 heterocycles. The van der Waals surface area contributed by atoms with Gasteiger partial charge >= 0.3 is 5.97 Å². The minimum Gasteiger partial charge on any atom is -0.476 e. The van der Waals surface area contributed by atoms with Gasteiger partial charge in [-0.2, -0.15) is 0 Å². The minimum absolute atomic E-state index is 0.0330. The van der Waals surface area contributed by atoms with Crippen molar-refractivity contribution in [2.75, 3.05) is 6.26 Å². The molecule has 136 valence electrons. The molecule has 4 rings (SSSR count). The molecule has 27 heavy (non-hydrogen) atoms. The Hall–Kier alpha value is -3.26. The van der Waals surface area contributed by atoms with Crippen LogP contribution >= 0.6 is 0 Å². The molecule has 7 nitrogen and oxygen atoms in total. The van der Waals surface area contributed by atoms with Gasteiger partial charge in [0.2, 0.25) is 0 Å². The number of rotatable bonds is 4. The third-order valence-electron chi connectivity index (χ3n) is 4.41. The van der Waals surface area contributed by atoms with Crippen molar-refractivity contribution in [2.45, 2.75) is 11.4 Å². The Kier molecular flexibility index (Phi) is 3.92. The number of carboxylic acid groups (broad SMARTS) is 1. The van der Waals surface area contributed by atoms with Crippen molar-refractivity contribution in [2.24, 2.45) is 0 Å². The van der Waals surface area contributed by atoms with Gasteiger partial charge in [-0.1, -0.05) is 24.3 Å². The van der Waals surface area contributed by atoms with Crippen LogP contribution in [0.2, 0.25) is 0 Å². The maximum Gasteiger partial charge on any atom is 0.356 e. The lowest BCUT2D eigenvalue weighted by atomic mass is 10.0. The van der Waals surface area contributed by atoms with E-state index in [1.807, 2.05) is 28.7 Å². The van der Waals surface area contributed by atoms with Crippen molar-refractivity contribution < 1.29 is 18.3 Å². The van der Waals surface area contributed by atoms with Crippen molar-refractivity contribution in [1.29, 1.82) is 0 Å². The number of carboxylic acids is 1. The standard InChI is InChI=1S/C19H15N3O4S/c1-27(25,26)18-7-6-12(9-21-18)8-14-13-4-2-3-5-16(13)22-11-15(19(23)24)20-10-17(14)22/h2-7,9-11H,8H2,1H3,(H,23,24). The summed E-state index contributed by atoms with van der Waals surface area (Å²) in [5.74, 6) is -1.09. The predicted octanol–water partition coefficient (Wildman–Crippen LogP) is 2.58. The molecule has 0 saturated carbocycles. The number of pyridine rings is 1. The smallest absolute Gasteiger partial charge is 0.356 e. The van der Waals surface area contributed by atoms with Crippen molar-refractivity contribution in [3.8, 4) is 0 Å². The SMILES string of the molecule is CS(=O)(=O)c1ccc(Cc2c3ccccc3n3cc(C(=O)O)ncc23)cn1. The summed E-state index contributed by atoms with van der Waals surface area (Å²) in [6.07, 6.45) is 6.25. The Morgan fingerprint density at radius 3 is 2.52 bits per heavy atom. The Morgan fingerprint density at radius 2 is 1.85 bits per heavy atom. The first-order valence-electron chi connectivity index (χ1n) is 8.10. The second-order valence-corrected chi connectivity index (χ2v) is 8.24. The van der Waals surface area contributed by atoms with E-state index >= 15 is 0 Å². The zero-order valence-corrected chi connectivity index (χ0v) is 15.1. The molecule has 0 aliphatic rings. The van der Waals surface area contributed by atoms with Gasteiger partial charge in [0.15, 0.2) is 20.6 Å². The number of sulfone groups is 1. The highest BCUT2D eigenvalue weighted by molar-refractivity contribution is 7.90. The summed E-state index contributed by atoms with van der Waals surface area (Å²) in [7, 11) is -3.34. The van der Waals surface area contributed by atoms with E-state index in [1.54, 1.807) is 18.5 Å². The van der Waals surface area contributed by atoms with Gasteiger partial charge in [0.05, 0.1) is 17.2 Å². The molecule has 0 aliphatic heterocycles. The van der Waals surface area contributed by atoms with Gasteiger partial charge in [-0.15, -0.1) is 0 Å². The predicted molar refractivity (Wildman–Crippen MR) is 99.8 cm³/mol. The van der Waals surface area contributed by atoms with Gasteiger partial charge in [0.25, 0.3) is 0 Å². The summed E-state index contributed by atoms with van der Waals surface area (Å²) in [6, 6.07) is 10.9. The number of aromatic nitrogens is 3. The van der Waals surface area contributed by atoms with Crippen LogP contribution in [0.25, 0.3) is 16.4 Å². The van der Waals surface area contributed by atoms with E-state index < -0.39 is 15.8 Å². The van der Waals surface area contributed by atoms with E-state index in [0.29, 0.717) is 6.42 Å². The molecule has 0 bridgehead atoms. The molecule has 3 aromatic heterocycles. The molecule has 0 aliphatic carbocycles. The van der Waals surface area contributed by atoms with Crippen LogP contribution in [0.1, 0.15) is 21.6 Å². The number of carbonyl (C=O) groups is 1. The quantitative estimate of drug-likeness (QED) is 0.583. The van der Waals surface area contributed by atoms with Gasteiger partial charge < -0.3 is 9.51 Å². The van der Waals surface area contributed by atoms with Gasteiger partial charge in [-0.3, -0.25) is 0 Å². The normalized spacial score (nSPS) is 11.9. The van der Waals surface area contributed by atoms with Gasteiger partial charge in [-0.05, 0) is 23.3 Å². The highest BCUT2D eigenvalue weighted by atomic mass is 32.2. The molecule has 0 radical (unpaired) electrons. The molecular formula is C19H15N3O4S. The lowest BCUT2D eigenvalue weighted by Gasteiger charge is -2.04. The van der Waals surface area contributed by atoms with Crippen molar-refractivity contribution in [3.05, 3.63) is 71.8 Å². The van der Waals surface area contributed by atoms with E-state index in [2.05, 4.69) is 9.97 Å². The molecule has 1 aromatic carbocycles. The summed E-state index contributed by atoms with van der Waals surface area (Å²) < 4.78 is 25.0. The summed E-state index contributed by atoms with van der Waals surface area (Å²) in [4.78, 5) is 19.3. The monoisotopic (exact) mass is 381 g/mol. The highest BCUT2D eigenvalue weighted by Gasteiger charge is 2.15. The number of hydrogen-bond donors (Lipinski definition) is 1. The van der Waals surface area contributed by atoms with E-state index in [0.717, 1.165) is 33.8 Å². The molecule has 0 spiro atoms. The second kappa shape index (κ2) is 6.17. The number of benzene rings is 1. The molecule has 0 unspecified atom stereocenters. The molecule has 0 fully saturated rings. The summed E-state index contributed by atoms with van der Waals surface area (Å²) >= 11 is 0. The molecule has 0 amide bonds. The van der Waals surface area contributed by atoms with Gasteiger partial charge in [0.1, 0.15) is 0 Å². The van der Waals surface area contributed by atoms with E-state index in [1.165, 1.54) is 12.3 Å². The van der Waals surface area contributed by atoms with Crippen LogP contribution in [0.4, 0.5) is 0 Å². The first-order valence-corrected chi connectivity index (χ1v) is 10.00. The average Bonchev–Trinajstić information content (AvgIpc) is 2.95. The van der Waals surface area contributed by atoms with Crippen molar-refractivity contribution in [1.82, 2.24) is 14.4 Å². The lowest BCUT2D eigenvalue weighted by Crippen LogP contribution is -2.03. The number of aromatic carboxylic acids is 1. The molecular weight excluding hydrogens is 366 g/mol. The van der Waals surface area contributed by atoms with Gasteiger partial charge in [0, 0.05) is 30.5 Å². The van der Waals surface area contributed by atoms with Crippen LogP contribution < -0.4 is 0 Å². The largest absolute Gasteiger partial charge is 0.476 e. The van der Waals surface area contributed by atoms with Crippen LogP contribution in [0.15, 0.2) is 60.0 Å². The van der Waals surface area contributed by atoms with Crippen molar-refractivity contribution in [3.63, 3.8) is 0 Å². The summed E-state index contributed by atoms with van der Waals surface area (Å²) in [6.45, 7) is 0. The van der Waals surface area contributed by atoms with Crippen LogP contribution in [0.5, 0.6) is 0 Å². The Balaban J connectivity index is 1.86. The molecule has 0 saturated heterocycles.